The lowest BCUT2D eigenvalue weighted by molar-refractivity contribution is 0.305. The van der Waals surface area contributed by atoms with E-state index in [-0.39, 0.29) is 0 Å². The highest BCUT2D eigenvalue weighted by Gasteiger charge is 2.06. The van der Waals surface area contributed by atoms with Crippen molar-refractivity contribution in [2.24, 2.45) is 5.73 Å². The van der Waals surface area contributed by atoms with Crippen LogP contribution in [0.4, 0.5) is 0 Å². The van der Waals surface area contributed by atoms with Gasteiger partial charge in [0.2, 0.25) is 0 Å². The Kier molecular flexibility index (Phi) is 5.01. The topological polar surface area (TPSA) is 35.2 Å². The number of rotatable bonds is 4. The zero-order valence-electron chi connectivity index (χ0n) is 12.4. The van der Waals surface area contributed by atoms with Gasteiger partial charge in [0, 0.05) is 10.0 Å². The van der Waals surface area contributed by atoms with Gasteiger partial charge in [-0.3, -0.25) is 0 Å². The molecule has 0 aliphatic heterocycles. The molecular weight excluding hydrogens is 346 g/mol. The molecule has 0 radical (unpaired) electrons. The summed E-state index contributed by atoms with van der Waals surface area (Å²) in [7, 11) is 0. The molecule has 0 saturated heterocycles. The minimum Gasteiger partial charge on any atom is -0.489 e. The fourth-order valence-electron chi connectivity index (χ4n) is 2.16. The van der Waals surface area contributed by atoms with Crippen LogP contribution in [0, 0.1) is 20.8 Å². The van der Waals surface area contributed by atoms with Crippen molar-refractivity contribution in [1.29, 1.82) is 0 Å². The number of benzene rings is 2. The van der Waals surface area contributed by atoms with E-state index in [4.69, 9.17) is 22.7 Å². The van der Waals surface area contributed by atoms with E-state index in [0.717, 1.165) is 26.9 Å². The first-order chi connectivity index (χ1) is 9.88. The molecular formula is C17H18BrNOS. The monoisotopic (exact) mass is 363 g/mol. The van der Waals surface area contributed by atoms with E-state index < -0.39 is 0 Å². The third kappa shape index (κ3) is 3.83. The minimum absolute atomic E-state index is 0.421. The molecule has 0 fully saturated rings. The quantitative estimate of drug-likeness (QED) is 0.806. The largest absolute Gasteiger partial charge is 0.489 e. The van der Waals surface area contributed by atoms with Crippen LogP contribution in [-0.2, 0) is 6.61 Å². The molecule has 2 aromatic rings. The lowest BCUT2D eigenvalue weighted by atomic mass is 10.1. The summed E-state index contributed by atoms with van der Waals surface area (Å²) in [6.45, 7) is 6.70. The van der Waals surface area contributed by atoms with Gasteiger partial charge in [0.15, 0.2) is 0 Å². The molecule has 0 bridgehead atoms. The van der Waals surface area contributed by atoms with Crippen molar-refractivity contribution in [2.45, 2.75) is 27.4 Å². The van der Waals surface area contributed by atoms with Gasteiger partial charge in [-0.1, -0.05) is 40.3 Å². The first kappa shape index (κ1) is 16.0. The van der Waals surface area contributed by atoms with Gasteiger partial charge in [-0.2, -0.15) is 0 Å². The molecule has 0 aromatic heterocycles. The maximum atomic E-state index is 5.90. The van der Waals surface area contributed by atoms with Gasteiger partial charge in [0.05, 0.1) is 0 Å². The van der Waals surface area contributed by atoms with E-state index in [9.17, 15) is 0 Å². The van der Waals surface area contributed by atoms with Gasteiger partial charge in [-0.15, -0.1) is 0 Å². The molecule has 110 valence electrons. The van der Waals surface area contributed by atoms with E-state index in [1.54, 1.807) is 0 Å². The number of nitrogens with two attached hydrogens (primary N) is 1. The molecule has 0 spiro atoms. The van der Waals surface area contributed by atoms with Gasteiger partial charge in [0.1, 0.15) is 17.3 Å². The van der Waals surface area contributed by atoms with Crippen LogP contribution < -0.4 is 10.5 Å². The van der Waals surface area contributed by atoms with Gasteiger partial charge in [-0.05, 0) is 61.2 Å². The minimum atomic E-state index is 0.421. The lowest BCUT2D eigenvalue weighted by Crippen LogP contribution is -2.10. The summed E-state index contributed by atoms with van der Waals surface area (Å²) in [6.07, 6.45) is 0. The number of hydrogen-bond acceptors (Lipinski definition) is 2. The predicted molar refractivity (Wildman–Crippen MR) is 95.0 cm³/mol. The second-order valence-electron chi connectivity index (χ2n) is 5.17. The molecule has 2 aromatic carbocycles. The number of hydrogen-bond donors (Lipinski definition) is 1. The van der Waals surface area contributed by atoms with E-state index in [1.807, 2.05) is 37.3 Å². The average molecular weight is 364 g/mol. The molecule has 0 aliphatic rings. The highest BCUT2D eigenvalue weighted by molar-refractivity contribution is 9.10. The Labute approximate surface area is 139 Å². The highest BCUT2D eigenvalue weighted by Crippen LogP contribution is 2.27. The summed E-state index contributed by atoms with van der Waals surface area (Å²) < 4.78 is 7.04. The van der Waals surface area contributed by atoms with Crippen LogP contribution in [0.15, 0.2) is 34.8 Å². The molecule has 0 saturated carbocycles. The maximum absolute atomic E-state index is 5.90. The Morgan fingerprint density at radius 1 is 1.10 bits per heavy atom. The Morgan fingerprint density at radius 2 is 1.71 bits per heavy atom. The molecule has 0 heterocycles. The molecule has 2 N–H and O–H groups in total. The standard InChI is InChI=1S/C17H18BrNOS/c1-10-6-13(17(19)21)4-5-14(10)9-20-15-7-11(2)16(18)12(3)8-15/h4-8H,9H2,1-3H3,(H2,19,21). The van der Waals surface area contributed by atoms with Crippen LogP contribution >= 0.6 is 28.1 Å². The number of thiocarbonyl (C=S) groups is 1. The molecule has 0 amide bonds. The number of halogens is 1. The van der Waals surface area contributed by atoms with Crippen molar-refractivity contribution in [2.75, 3.05) is 0 Å². The van der Waals surface area contributed by atoms with Crippen molar-refractivity contribution >= 4 is 33.1 Å². The Balaban J connectivity index is 2.15. The smallest absolute Gasteiger partial charge is 0.120 e. The summed E-state index contributed by atoms with van der Waals surface area (Å²) in [5.41, 5.74) is 11.1. The van der Waals surface area contributed by atoms with Gasteiger partial charge in [-0.25, -0.2) is 0 Å². The van der Waals surface area contributed by atoms with Crippen molar-refractivity contribution in [3.05, 3.63) is 62.6 Å². The predicted octanol–water partition coefficient (Wildman–Crippen LogP) is 4.59. The SMILES string of the molecule is Cc1cc(C(N)=S)ccc1COc1cc(C)c(Br)c(C)c1. The van der Waals surface area contributed by atoms with E-state index in [0.29, 0.717) is 11.6 Å². The molecule has 21 heavy (non-hydrogen) atoms. The van der Waals surface area contributed by atoms with Gasteiger partial charge in [0.25, 0.3) is 0 Å². The van der Waals surface area contributed by atoms with Crippen LogP contribution in [0.3, 0.4) is 0 Å². The summed E-state index contributed by atoms with van der Waals surface area (Å²) in [4.78, 5) is 0.421. The first-order valence-electron chi connectivity index (χ1n) is 6.67. The normalized spacial score (nSPS) is 10.5. The van der Waals surface area contributed by atoms with Crippen LogP contribution in [0.2, 0.25) is 0 Å². The summed E-state index contributed by atoms with van der Waals surface area (Å²) >= 11 is 8.55. The molecule has 0 atom stereocenters. The molecule has 2 nitrogen and oxygen atoms in total. The first-order valence-corrected chi connectivity index (χ1v) is 7.87. The van der Waals surface area contributed by atoms with E-state index >= 15 is 0 Å². The maximum Gasteiger partial charge on any atom is 0.120 e. The molecule has 0 aliphatic carbocycles. The average Bonchev–Trinajstić information content (AvgIpc) is 2.43. The summed E-state index contributed by atoms with van der Waals surface area (Å²) in [6, 6.07) is 10.0. The van der Waals surface area contributed by atoms with Crippen LogP contribution in [-0.4, -0.2) is 4.99 Å². The molecule has 2 rings (SSSR count). The van der Waals surface area contributed by atoms with Crippen LogP contribution in [0.25, 0.3) is 0 Å². The zero-order chi connectivity index (χ0) is 15.6. The molecule has 4 heteroatoms. The fourth-order valence-corrected chi connectivity index (χ4v) is 2.52. The van der Waals surface area contributed by atoms with Crippen molar-refractivity contribution in [3.63, 3.8) is 0 Å². The van der Waals surface area contributed by atoms with Crippen molar-refractivity contribution < 1.29 is 4.74 Å². The van der Waals surface area contributed by atoms with Crippen molar-refractivity contribution in [1.82, 2.24) is 0 Å². The summed E-state index contributed by atoms with van der Waals surface area (Å²) in [5, 5.41) is 0. The third-order valence-electron chi connectivity index (χ3n) is 3.43. The second kappa shape index (κ2) is 6.58. The number of aryl methyl sites for hydroxylation is 3. The van der Waals surface area contributed by atoms with Gasteiger partial charge >= 0.3 is 0 Å². The summed E-state index contributed by atoms with van der Waals surface area (Å²) in [5.74, 6) is 0.881. The van der Waals surface area contributed by atoms with Crippen LogP contribution in [0.5, 0.6) is 5.75 Å². The Bertz CT molecular complexity index is 674. The van der Waals surface area contributed by atoms with E-state index in [2.05, 4.69) is 29.8 Å². The van der Waals surface area contributed by atoms with Crippen molar-refractivity contribution in [3.8, 4) is 5.75 Å². The Morgan fingerprint density at radius 3 is 2.24 bits per heavy atom. The molecule has 0 unspecified atom stereocenters. The highest BCUT2D eigenvalue weighted by atomic mass is 79.9. The zero-order valence-corrected chi connectivity index (χ0v) is 14.8. The second-order valence-corrected chi connectivity index (χ2v) is 6.40. The Hall–Kier alpha value is -1.39. The number of ether oxygens (including phenoxy) is 1. The lowest BCUT2D eigenvalue weighted by Gasteiger charge is -2.12. The van der Waals surface area contributed by atoms with Gasteiger partial charge < -0.3 is 10.5 Å². The fraction of sp³-hybridized carbons (Fsp3) is 0.235. The van der Waals surface area contributed by atoms with E-state index in [1.165, 1.54) is 11.1 Å². The van der Waals surface area contributed by atoms with Crippen LogP contribution in [0.1, 0.15) is 27.8 Å². The third-order valence-corrected chi connectivity index (χ3v) is 4.92.